The van der Waals surface area contributed by atoms with E-state index in [1.807, 2.05) is 0 Å². The van der Waals surface area contributed by atoms with Crippen LogP contribution in [0, 0.1) is 5.92 Å². The van der Waals surface area contributed by atoms with Crippen molar-refractivity contribution in [3.63, 3.8) is 0 Å². The summed E-state index contributed by atoms with van der Waals surface area (Å²) in [6, 6.07) is 1.80. The summed E-state index contributed by atoms with van der Waals surface area (Å²) in [6.07, 6.45) is 6.43. The molecule has 1 N–H and O–H groups in total. The Labute approximate surface area is 124 Å². The molecule has 1 aromatic rings. The number of rotatable bonds is 5. The van der Waals surface area contributed by atoms with Crippen molar-refractivity contribution in [2.75, 3.05) is 37.4 Å². The second kappa shape index (κ2) is 5.51. The van der Waals surface area contributed by atoms with E-state index in [-0.39, 0.29) is 5.60 Å². The molecule has 1 aromatic heterocycles. The lowest BCUT2D eigenvalue weighted by Crippen LogP contribution is -2.65. The second-order valence-electron chi connectivity index (χ2n) is 5.76. The minimum atomic E-state index is -3.12. The Morgan fingerprint density at radius 1 is 1.43 bits per heavy atom. The summed E-state index contributed by atoms with van der Waals surface area (Å²) in [5, 5.41) is 0. The van der Waals surface area contributed by atoms with Gasteiger partial charge in [-0.15, -0.1) is 0 Å². The SMILES string of the molecule is CS(=O)(=O)NCCC1CCOC12CN(c1ncccn1)C2. The molecule has 7 nitrogen and oxygen atoms in total. The number of hydrogen-bond acceptors (Lipinski definition) is 6. The molecule has 0 amide bonds. The van der Waals surface area contributed by atoms with Crippen LogP contribution in [0.25, 0.3) is 0 Å². The lowest BCUT2D eigenvalue weighted by molar-refractivity contribution is -0.0457. The Kier molecular flexibility index (Phi) is 3.85. The fourth-order valence-electron chi connectivity index (χ4n) is 3.16. The van der Waals surface area contributed by atoms with Gasteiger partial charge in [0.25, 0.3) is 0 Å². The van der Waals surface area contributed by atoms with Crippen molar-refractivity contribution in [1.29, 1.82) is 0 Å². The summed E-state index contributed by atoms with van der Waals surface area (Å²) < 4.78 is 30.7. The lowest BCUT2D eigenvalue weighted by atomic mass is 9.79. The number of hydrogen-bond donors (Lipinski definition) is 1. The van der Waals surface area contributed by atoms with Gasteiger partial charge in [-0.05, 0) is 24.8 Å². The highest BCUT2D eigenvalue weighted by atomic mass is 32.2. The van der Waals surface area contributed by atoms with Crippen molar-refractivity contribution < 1.29 is 13.2 Å². The van der Waals surface area contributed by atoms with Crippen LogP contribution in [-0.2, 0) is 14.8 Å². The number of aromatic nitrogens is 2. The van der Waals surface area contributed by atoms with Crippen molar-refractivity contribution in [2.45, 2.75) is 18.4 Å². The van der Waals surface area contributed by atoms with E-state index in [2.05, 4.69) is 19.6 Å². The van der Waals surface area contributed by atoms with Gasteiger partial charge in [-0.25, -0.2) is 23.1 Å². The monoisotopic (exact) mass is 312 g/mol. The van der Waals surface area contributed by atoms with Gasteiger partial charge in [-0.1, -0.05) is 0 Å². The Bertz CT molecular complexity index is 587. The van der Waals surface area contributed by atoms with Crippen LogP contribution in [0.3, 0.4) is 0 Å². The smallest absolute Gasteiger partial charge is 0.225 e. The summed E-state index contributed by atoms with van der Waals surface area (Å²) in [4.78, 5) is 10.6. The van der Waals surface area contributed by atoms with Crippen LogP contribution in [0.2, 0.25) is 0 Å². The maximum Gasteiger partial charge on any atom is 0.225 e. The van der Waals surface area contributed by atoms with Crippen molar-refractivity contribution >= 4 is 16.0 Å². The van der Waals surface area contributed by atoms with E-state index in [1.54, 1.807) is 18.5 Å². The minimum Gasteiger partial charge on any atom is -0.371 e. The van der Waals surface area contributed by atoms with E-state index in [0.29, 0.717) is 12.5 Å². The third-order valence-corrected chi connectivity index (χ3v) is 4.94. The van der Waals surface area contributed by atoms with Crippen molar-refractivity contribution in [3.8, 4) is 0 Å². The summed E-state index contributed by atoms with van der Waals surface area (Å²) >= 11 is 0. The molecule has 8 heteroatoms. The molecule has 1 unspecified atom stereocenters. The van der Waals surface area contributed by atoms with E-state index in [9.17, 15) is 8.42 Å². The highest BCUT2D eigenvalue weighted by Gasteiger charge is 2.53. The van der Waals surface area contributed by atoms with Crippen LogP contribution in [0.4, 0.5) is 5.95 Å². The third-order valence-electron chi connectivity index (χ3n) is 4.21. The zero-order valence-corrected chi connectivity index (χ0v) is 12.8. The van der Waals surface area contributed by atoms with Gasteiger partial charge in [-0.3, -0.25) is 0 Å². The number of nitrogens with one attached hydrogen (secondary N) is 1. The number of anilines is 1. The average molecular weight is 312 g/mol. The molecule has 0 aliphatic carbocycles. The molecule has 0 saturated carbocycles. The van der Waals surface area contributed by atoms with Crippen LogP contribution in [0.15, 0.2) is 18.5 Å². The van der Waals surface area contributed by atoms with Crippen LogP contribution in [-0.4, -0.2) is 56.5 Å². The molecule has 21 heavy (non-hydrogen) atoms. The van der Waals surface area contributed by atoms with Crippen LogP contribution in [0.1, 0.15) is 12.8 Å². The number of sulfonamides is 1. The molecule has 116 valence electrons. The first-order valence-corrected chi connectivity index (χ1v) is 8.98. The van der Waals surface area contributed by atoms with Gasteiger partial charge in [0.2, 0.25) is 16.0 Å². The van der Waals surface area contributed by atoms with Gasteiger partial charge < -0.3 is 9.64 Å². The standard InChI is InChI=1S/C13H20N4O3S/c1-21(18,19)16-7-3-11-4-8-20-13(11)9-17(10-13)12-14-5-2-6-15-12/h2,5-6,11,16H,3-4,7-10H2,1H3. The number of ether oxygens (including phenoxy) is 1. The zero-order valence-electron chi connectivity index (χ0n) is 12.0. The number of nitrogens with zero attached hydrogens (tertiary/aromatic N) is 3. The van der Waals surface area contributed by atoms with Gasteiger partial charge in [0.1, 0.15) is 5.60 Å². The molecule has 2 fully saturated rings. The average Bonchev–Trinajstić information content (AvgIpc) is 2.80. The molecule has 2 saturated heterocycles. The highest BCUT2D eigenvalue weighted by Crippen LogP contribution is 2.42. The first-order valence-electron chi connectivity index (χ1n) is 7.09. The van der Waals surface area contributed by atoms with E-state index in [0.717, 1.165) is 38.5 Å². The molecule has 0 radical (unpaired) electrons. The van der Waals surface area contributed by atoms with Crippen molar-refractivity contribution in [1.82, 2.24) is 14.7 Å². The van der Waals surface area contributed by atoms with Crippen LogP contribution >= 0.6 is 0 Å². The summed E-state index contributed by atoms with van der Waals surface area (Å²) in [6.45, 7) is 2.77. The van der Waals surface area contributed by atoms with Crippen molar-refractivity contribution in [2.24, 2.45) is 5.92 Å². The minimum absolute atomic E-state index is 0.154. The molecule has 1 atom stereocenters. The zero-order chi connectivity index (χ0) is 14.9. The Morgan fingerprint density at radius 2 is 2.14 bits per heavy atom. The Balaban J connectivity index is 1.56. The maximum absolute atomic E-state index is 11.1. The quantitative estimate of drug-likeness (QED) is 0.824. The van der Waals surface area contributed by atoms with Crippen molar-refractivity contribution in [3.05, 3.63) is 18.5 Å². The first kappa shape index (κ1) is 14.7. The third kappa shape index (κ3) is 3.17. The van der Waals surface area contributed by atoms with Gasteiger partial charge in [0.15, 0.2) is 0 Å². The molecular weight excluding hydrogens is 292 g/mol. The summed E-state index contributed by atoms with van der Waals surface area (Å²) in [5.74, 6) is 1.11. The molecule has 2 aliphatic rings. The van der Waals surface area contributed by atoms with E-state index in [4.69, 9.17) is 4.74 Å². The van der Waals surface area contributed by atoms with E-state index >= 15 is 0 Å². The van der Waals surface area contributed by atoms with E-state index in [1.165, 1.54) is 6.26 Å². The summed E-state index contributed by atoms with van der Waals surface area (Å²) in [7, 11) is -3.12. The molecule has 3 rings (SSSR count). The molecule has 3 heterocycles. The van der Waals surface area contributed by atoms with Crippen LogP contribution < -0.4 is 9.62 Å². The summed E-state index contributed by atoms with van der Waals surface area (Å²) in [5.41, 5.74) is -0.154. The fraction of sp³-hybridized carbons (Fsp3) is 0.692. The van der Waals surface area contributed by atoms with Gasteiger partial charge >= 0.3 is 0 Å². The molecule has 1 spiro atoms. The molecular formula is C13H20N4O3S. The Hall–Kier alpha value is -1.25. The highest BCUT2D eigenvalue weighted by molar-refractivity contribution is 7.88. The predicted molar refractivity (Wildman–Crippen MR) is 78.5 cm³/mol. The lowest BCUT2D eigenvalue weighted by Gasteiger charge is -2.50. The Morgan fingerprint density at radius 3 is 2.81 bits per heavy atom. The van der Waals surface area contributed by atoms with E-state index < -0.39 is 10.0 Å². The van der Waals surface area contributed by atoms with Crippen LogP contribution in [0.5, 0.6) is 0 Å². The first-order chi connectivity index (χ1) is 9.99. The van der Waals surface area contributed by atoms with Gasteiger partial charge in [0, 0.05) is 25.5 Å². The largest absolute Gasteiger partial charge is 0.371 e. The molecule has 0 bridgehead atoms. The van der Waals surface area contributed by atoms with Gasteiger partial charge in [0.05, 0.1) is 19.3 Å². The maximum atomic E-state index is 11.1. The topological polar surface area (TPSA) is 84.4 Å². The fourth-order valence-corrected chi connectivity index (χ4v) is 3.65. The van der Waals surface area contributed by atoms with Gasteiger partial charge in [-0.2, -0.15) is 0 Å². The predicted octanol–water partition coefficient (Wildman–Crippen LogP) is 0.0112. The molecule has 2 aliphatic heterocycles. The second-order valence-corrected chi connectivity index (χ2v) is 7.59. The molecule has 0 aromatic carbocycles. The normalized spacial score (nSPS) is 24.2.